The number of ether oxygens (including phenoxy) is 1. The van der Waals surface area contributed by atoms with Crippen LogP contribution >= 0.6 is 0 Å². The summed E-state index contributed by atoms with van der Waals surface area (Å²) in [7, 11) is 1.52. The van der Waals surface area contributed by atoms with Gasteiger partial charge in [-0.15, -0.1) is 0 Å². The number of hydrogen-bond acceptors (Lipinski definition) is 6. The fourth-order valence-corrected chi connectivity index (χ4v) is 2.44. The number of nitrogens with one attached hydrogen (secondary N) is 1. The lowest BCUT2D eigenvalue weighted by molar-refractivity contribution is 0.0698. The molecule has 8 heteroatoms. The zero-order valence-corrected chi connectivity index (χ0v) is 14.1. The number of methoxy groups -OCH3 is 1. The predicted molar refractivity (Wildman–Crippen MR) is 94.6 cm³/mol. The number of nitriles is 1. The summed E-state index contributed by atoms with van der Waals surface area (Å²) >= 11 is 0. The molecule has 0 aliphatic carbocycles. The number of nitrogens with zero attached hydrogens (tertiary/aromatic N) is 2. The molecule has 3 aromatic rings. The zero-order valence-electron chi connectivity index (χ0n) is 14.1. The van der Waals surface area contributed by atoms with Gasteiger partial charge in [-0.2, -0.15) is 5.26 Å². The zero-order chi connectivity index (χ0) is 19.4. The second kappa shape index (κ2) is 7.41. The van der Waals surface area contributed by atoms with Gasteiger partial charge in [0.05, 0.1) is 35.6 Å². The van der Waals surface area contributed by atoms with Crippen molar-refractivity contribution in [3.63, 3.8) is 0 Å². The van der Waals surface area contributed by atoms with E-state index in [0.717, 1.165) is 0 Å². The van der Waals surface area contributed by atoms with Gasteiger partial charge in [-0.05, 0) is 30.3 Å². The van der Waals surface area contributed by atoms with Gasteiger partial charge in [0.15, 0.2) is 11.5 Å². The number of carboxylic acid groups (broad SMARTS) is 1. The van der Waals surface area contributed by atoms with Gasteiger partial charge in [-0.1, -0.05) is 17.3 Å². The summed E-state index contributed by atoms with van der Waals surface area (Å²) in [4.78, 5) is 23.8. The van der Waals surface area contributed by atoms with Crippen molar-refractivity contribution in [3.8, 4) is 23.1 Å². The highest BCUT2D eigenvalue weighted by molar-refractivity contribution is 6.07. The molecule has 27 heavy (non-hydrogen) atoms. The lowest BCUT2D eigenvalue weighted by atomic mass is 10.1. The van der Waals surface area contributed by atoms with Crippen LogP contribution in [0, 0.1) is 11.3 Å². The van der Waals surface area contributed by atoms with Crippen LogP contribution in [0.25, 0.3) is 11.3 Å². The molecule has 8 nitrogen and oxygen atoms in total. The maximum absolute atomic E-state index is 12.4. The minimum Gasteiger partial charge on any atom is -0.496 e. The molecule has 1 aromatic heterocycles. The first-order valence-corrected chi connectivity index (χ1v) is 7.72. The average molecular weight is 363 g/mol. The highest BCUT2D eigenvalue weighted by Gasteiger charge is 2.19. The van der Waals surface area contributed by atoms with Crippen LogP contribution in [0.4, 0.5) is 5.69 Å². The molecule has 0 aliphatic heterocycles. The summed E-state index contributed by atoms with van der Waals surface area (Å²) in [6.45, 7) is 0. The van der Waals surface area contributed by atoms with E-state index >= 15 is 0 Å². The maximum atomic E-state index is 12.4. The Morgan fingerprint density at radius 1 is 1.22 bits per heavy atom. The first kappa shape index (κ1) is 17.7. The van der Waals surface area contributed by atoms with E-state index < -0.39 is 11.9 Å². The summed E-state index contributed by atoms with van der Waals surface area (Å²) in [5.74, 6) is -1.03. The fourth-order valence-electron chi connectivity index (χ4n) is 2.44. The largest absolute Gasteiger partial charge is 0.496 e. The number of rotatable bonds is 5. The fraction of sp³-hybridized carbons (Fsp3) is 0.0526. The number of carbonyl (C=O) groups is 2. The Kier molecular flexibility index (Phi) is 4.86. The number of aromatic nitrogens is 1. The molecule has 2 aromatic carbocycles. The lowest BCUT2D eigenvalue weighted by Gasteiger charge is -2.07. The van der Waals surface area contributed by atoms with E-state index in [0.29, 0.717) is 17.1 Å². The first-order chi connectivity index (χ1) is 13.0. The molecule has 1 heterocycles. The standard InChI is InChI=1S/C19H13N3O5/c1-26-16-5-3-2-4-12(16)17-9-15(22-27-17)18(23)21-14-7-6-11(10-20)8-13(14)19(24)25/h2-9H,1H3,(H,21,23)(H,24,25). The predicted octanol–water partition coefficient (Wildman–Crippen LogP) is 3.17. The third-order valence-electron chi connectivity index (χ3n) is 3.74. The van der Waals surface area contributed by atoms with Crippen LogP contribution in [0.2, 0.25) is 0 Å². The minimum atomic E-state index is -1.27. The monoisotopic (exact) mass is 363 g/mol. The van der Waals surface area contributed by atoms with Crippen molar-refractivity contribution in [3.05, 3.63) is 65.4 Å². The Morgan fingerprint density at radius 2 is 2.00 bits per heavy atom. The van der Waals surface area contributed by atoms with Gasteiger partial charge >= 0.3 is 5.97 Å². The summed E-state index contributed by atoms with van der Waals surface area (Å²) in [6, 6.07) is 14.3. The summed E-state index contributed by atoms with van der Waals surface area (Å²) in [5.41, 5.74) is 0.613. The molecule has 0 radical (unpaired) electrons. The van der Waals surface area contributed by atoms with Gasteiger partial charge in [0.2, 0.25) is 0 Å². The van der Waals surface area contributed by atoms with E-state index in [1.807, 2.05) is 6.07 Å². The highest BCUT2D eigenvalue weighted by atomic mass is 16.5. The average Bonchev–Trinajstić information content (AvgIpc) is 3.18. The topological polar surface area (TPSA) is 125 Å². The molecule has 0 atom stereocenters. The second-order valence-electron chi connectivity index (χ2n) is 5.41. The number of benzene rings is 2. The lowest BCUT2D eigenvalue weighted by Crippen LogP contribution is -2.15. The number of hydrogen-bond donors (Lipinski definition) is 2. The normalized spacial score (nSPS) is 10.1. The van der Waals surface area contributed by atoms with E-state index in [2.05, 4.69) is 10.5 Å². The molecule has 0 saturated heterocycles. The van der Waals surface area contributed by atoms with Crippen molar-refractivity contribution in [1.82, 2.24) is 5.16 Å². The van der Waals surface area contributed by atoms with Crippen molar-refractivity contribution in [2.45, 2.75) is 0 Å². The van der Waals surface area contributed by atoms with Crippen LogP contribution in [0.5, 0.6) is 5.75 Å². The summed E-state index contributed by atoms with van der Waals surface area (Å²) < 4.78 is 10.5. The Labute approximate surface area is 153 Å². The number of carboxylic acids is 1. The molecular formula is C19H13N3O5. The van der Waals surface area contributed by atoms with Crippen molar-refractivity contribution in [1.29, 1.82) is 5.26 Å². The maximum Gasteiger partial charge on any atom is 0.337 e. The van der Waals surface area contributed by atoms with Crippen molar-refractivity contribution < 1.29 is 24.0 Å². The van der Waals surface area contributed by atoms with Crippen molar-refractivity contribution in [2.24, 2.45) is 0 Å². The van der Waals surface area contributed by atoms with Crippen LogP contribution < -0.4 is 10.1 Å². The highest BCUT2D eigenvalue weighted by Crippen LogP contribution is 2.30. The number of amides is 1. The molecule has 0 spiro atoms. The number of para-hydroxylation sites is 1. The minimum absolute atomic E-state index is 0.0309. The summed E-state index contributed by atoms with van der Waals surface area (Å²) in [5, 5.41) is 24.4. The van der Waals surface area contributed by atoms with Gasteiger partial charge in [0.1, 0.15) is 5.75 Å². The van der Waals surface area contributed by atoms with Crippen molar-refractivity contribution >= 4 is 17.6 Å². The number of carbonyl (C=O) groups excluding carboxylic acids is 1. The molecular weight excluding hydrogens is 350 g/mol. The van der Waals surface area contributed by atoms with Gasteiger partial charge in [0.25, 0.3) is 5.91 Å². The van der Waals surface area contributed by atoms with Crippen LogP contribution in [-0.4, -0.2) is 29.2 Å². The third-order valence-corrected chi connectivity index (χ3v) is 3.74. The van der Waals surface area contributed by atoms with Crippen LogP contribution in [0.3, 0.4) is 0 Å². The molecule has 0 unspecified atom stereocenters. The molecule has 0 fully saturated rings. The molecule has 1 amide bonds. The Hall–Kier alpha value is -4.12. The Morgan fingerprint density at radius 3 is 2.70 bits per heavy atom. The van der Waals surface area contributed by atoms with Crippen LogP contribution in [0.15, 0.2) is 53.1 Å². The number of anilines is 1. The molecule has 134 valence electrons. The van der Waals surface area contributed by atoms with E-state index in [4.69, 9.17) is 14.5 Å². The second-order valence-corrected chi connectivity index (χ2v) is 5.41. The summed E-state index contributed by atoms with van der Waals surface area (Å²) in [6.07, 6.45) is 0. The quantitative estimate of drug-likeness (QED) is 0.713. The van der Waals surface area contributed by atoms with Gasteiger partial charge in [0, 0.05) is 6.07 Å². The van der Waals surface area contributed by atoms with Gasteiger partial charge in [-0.3, -0.25) is 4.79 Å². The smallest absolute Gasteiger partial charge is 0.337 e. The molecule has 0 saturated carbocycles. The van der Waals surface area contributed by atoms with E-state index in [-0.39, 0.29) is 22.5 Å². The molecule has 3 rings (SSSR count). The third kappa shape index (κ3) is 3.62. The molecule has 0 aliphatic rings. The van der Waals surface area contributed by atoms with E-state index in [9.17, 15) is 14.7 Å². The van der Waals surface area contributed by atoms with Crippen molar-refractivity contribution in [2.75, 3.05) is 12.4 Å². The Balaban J connectivity index is 1.88. The van der Waals surface area contributed by atoms with Gasteiger partial charge < -0.3 is 19.7 Å². The van der Waals surface area contributed by atoms with E-state index in [1.165, 1.54) is 31.4 Å². The molecule has 2 N–H and O–H groups in total. The SMILES string of the molecule is COc1ccccc1-c1cc(C(=O)Nc2ccc(C#N)cc2C(=O)O)no1. The van der Waals surface area contributed by atoms with Crippen LogP contribution in [-0.2, 0) is 0 Å². The van der Waals surface area contributed by atoms with Gasteiger partial charge in [-0.25, -0.2) is 4.79 Å². The molecule has 0 bridgehead atoms. The number of aromatic carboxylic acids is 1. The van der Waals surface area contributed by atoms with Crippen LogP contribution in [0.1, 0.15) is 26.4 Å². The Bertz CT molecular complexity index is 1070. The first-order valence-electron chi connectivity index (χ1n) is 7.72. The van der Waals surface area contributed by atoms with E-state index in [1.54, 1.807) is 24.3 Å².